The maximum absolute atomic E-state index is 12.1. The third kappa shape index (κ3) is 3.65. The molecule has 2 N–H and O–H groups in total. The summed E-state index contributed by atoms with van der Waals surface area (Å²) in [7, 11) is -3.86. The van der Waals surface area contributed by atoms with Crippen molar-refractivity contribution < 1.29 is 13.2 Å². The van der Waals surface area contributed by atoms with Crippen molar-refractivity contribution in [1.82, 2.24) is 15.0 Å². The number of aromatic nitrogens is 1. The first-order chi connectivity index (χ1) is 8.90. The van der Waals surface area contributed by atoms with Gasteiger partial charge in [0.15, 0.2) is 0 Å². The molecule has 6 nitrogen and oxygen atoms in total. The van der Waals surface area contributed by atoms with Gasteiger partial charge in [-0.25, -0.2) is 13.4 Å². The molecule has 1 unspecified atom stereocenters. The predicted octanol–water partition coefficient (Wildman–Crippen LogP) is 0.680. The van der Waals surface area contributed by atoms with Gasteiger partial charge in [0.1, 0.15) is 10.0 Å². The Morgan fingerprint density at radius 3 is 2.79 bits per heavy atom. The molecule has 0 aromatic carbocycles. The van der Waals surface area contributed by atoms with Crippen LogP contribution < -0.4 is 10.0 Å². The third-order valence-electron chi connectivity index (χ3n) is 2.66. The largest absolute Gasteiger partial charge is 0.352 e. The Kier molecular flexibility index (Phi) is 4.07. The molecule has 1 atom stereocenters. The molecule has 8 heteroatoms. The van der Waals surface area contributed by atoms with E-state index >= 15 is 0 Å². The molecule has 1 aliphatic rings. The van der Waals surface area contributed by atoms with Crippen LogP contribution in [-0.4, -0.2) is 31.4 Å². The lowest BCUT2D eigenvalue weighted by molar-refractivity contribution is -0.122. The Balaban J connectivity index is 2.08. The summed E-state index contributed by atoms with van der Waals surface area (Å²) in [5.41, 5.74) is 0. The van der Waals surface area contributed by atoms with Crippen LogP contribution >= 0.6 is 11.6 Å². The smallest absolute Gasteiger partial charge is 0.244 e. The van der Waals surface area contributed by atoms with Gasteiger partial charge in [0.2, 0.25) is 15.9 Å². The van der Waals surface area contributed by atoms with E-state index in [4.69, 9.17) is 11.6 Å². The van der Waals surface area contributed by atoms with Gasteiger partial charge in [-0.3, -0.25) is 4.79 Å². The first-order valence-electron chi connectivity index (χ1n) is 5.83. The molecule has 1 heterocycles. The van der Waals surface area contributed by atoms with Crippen molar-refractivity contribution in [2.24, 2.45) is 0 Å². The number of rotatable bonds is 5. The Labute approximate surface area is 116 Å². The highest BCUT2D eigenvalue weighted by molar-refractivity contribution is 7.89. The van der Waals surface area contributed by atoms with Crippen LogP contribution in [0.1, 0.15) is 19.8 Å². The van der Waals surface area contributed by atoms with Crippen LogP contribution in [0.2, 0.25) is 5.15 Å². The van der Waals surface area contributed by atoms with E-state index in [1.54, 1.807) is 0 Å². The van der Waals surface area contributed by atoms with Gasteiger partial charge in [0, 0.05) is 12.2 Å². The number of pyridine rings is 1. The van der Waals surface area contributed by atoms with Crippen molar-refractivity contribution in [2.45, 2.75) is 36.7 Å². The van der Waals surface area contributed by atoms with Crippen LogP contribution in [0.4, 0.5) is 0 Å². The number of hydrogen-bond donors (Lipinski definition) is 2. The number of carbonyl (C=O) groups is 1. The lowest BCUT2D eigenvalue weighted by Crippen LogP contribution is -2.45. The minimum atomic E-state index is -3.86. The number of carbonyl (C=O) groups excluding carboxylic acids is 1. The van der Waals surface area contributed by atoms with Crippen molar-refractivity contribution in [3.8, 4) is 0 Å². The molecule has 0 aliphatic heterocycles. The summed E-state index contributed by atoms with van der Waals surface area (Å²) in [5, 5.41) is 2.61. The van der Waals surface area contributed by atoms with E-state index in [0.29, 0.717) is 0 Å². The fraction of sp³-hybridized carbons (Fsp3) is 0.455. The lowest BCUT2D eigenvalue weighted by atomic mass is 10.3. The number of amides is 1. The van der Waals surface area contributed by atoms with Gasteiger partial charge >= 0.3 is 0 Å². The predicted molar refractivity (Wildman–Crippen MR) is 70.2 cm³/mol. The monoisotopic (exact) mass is 303 g/mol. The first kappa shape index (κ1) is 14.2. The molecule has 1 aromatic rings. The summed E-state index contributed by atoms with van der Waals surface area (Å²) in [4.78, 5) is 15.3. The van der Waals surface area contributed by atoms with E-state index in [1.165, 1.54) is 25.3 Å². The number of sulfonamides is 1. The van der Waals surface area contributed by atoms with Crippen LogP contribution in [0.15, 0.2) is 23.2 Å². The highest BCUT2D eigenvalue weighted by Gasteiger charge is 2.28. The fourth-order valence-corrected chi connectivity index (χ4v) is 3.13. The molecule has 0 bridgehead atoms. The van der Waals surface area contributed by atoms with Crippen molar-refractivity contribution in [1.29, 1.82) is 0 Å². The number of nitrogens with zero attached hydrogens (tertiary/aromatic N) is 1. The molecule has 0 spiro atoms. The van der Waals surface area contributed by atoms with E-state index < -0.39 is 16.1 Å². The van der Waals surface area contributed by atoms with Gasteiger partial charge in [-0.2, -0.15) is 4.72 Å². The van der Waals surface area contributed by atoms with Crippen LogP contribution in [0, 0.1) is 0 Å². The number of hydrogen-bond acceptors (Lipinski definition) is 4. The molecular formula is C11H14ClN3O3S. The van der Waals surface area contributed by atoms with Crippen molar-refractivity contribution >= 4 is 27.5 Å². The molecule has 1 saturated carbocycles. The summed E-state index contributed by atoms with van der Waals surface area (Å²) in [6.07, 6.45) is 3.28. The molecule has 1 aromatic heterocycles. The minimum absolute atomic E-state index is 0.121. The molecule has 1 amide bonds. The maximum atomic E-state index is 12.1. The first-order valence-corrected chi connectivity index (χ1v) is 7.69. The van der Waals surface area contributed by atoms with E-state index in [2.05, 4.69) is 15.0 Å². The standard InChI is InChI=1S/C11H14ClN3O3S/c1-7(11(16)14-8-4-5-8)15-19(17,18)9-3-2-6-13-10(9)12/h2-3,6-8,15H,4-5H2,1H3,(H,14,16). The molecule has 0 saturated heterocycles. The summed E-state index contributed by atoms with van der Waals surface area (Å²) in [6, 6.07) is 2.13. The second-order valence-electron chi connectivity index (χ2n) is 4.42. The normalized spacial score (nSPS) is 16.9. The average Bonchev–Trinajstić information content (AvgIpc) is 3.12. The molecule has 19 heavy (non-hydrogen) atoms. The van der Waals surface area contributed by atoms with E-state index in [0.717, 1.165) is 12.8 Å². The molecule has 2 rings (SSSR count). The van der Waals surface area contributed by atoms with Gasteiger partial charge in [0.05, 0.1) is 6.04 Å². The van der Waals surface area contributed by atoms with Crippen molar-refractivity contribution in [3.05, 3.63) is 23.5 Å². The highest BCUT2D eigenvalue weighted by Crippen LogP contribution is 2.20. The van der Waals surface area contributed by atoms with Crippen molar-refractivity contribution in [2.75, 3.05) is 0 Å². The highest BCUT2D eigenvalue weighted by atomic mass is 35.5. The van der Waals surface area contributed by atoms with Crippen LogP contribution in [0.3, 0.4) is 0 Å². The zero-order valence-electron chi connectivity index (χ0n) is 10.3. The second kappa shape index (κ2) is 5.44. The van der Waals surface area contributed by atoms with Gasteiger partial charge < -0.3 is 5.32 Å². The van der Waals surface area contributed by atoms with E-state index in [1.807, 2.05) is 0 Å². The molecule has 1 aliphatic carbocycles. The Hall–Kier alpha value is -1.18. The topological polar surface area (TPSA) is 88.2 Å². The van der Waals surface area contributed by atoms with Gasteiger partial charge in [-0.05, 0) is 31.9 Å². The summed E-state index contributed by atoms with van der Waals surface area (Å²) < 4.78 is 26.4. The summed E-state index contributed by atoms with van der Waals surface area (Å²) >= 11 is 5.74. The zero-order chi connectivity index (χ0) is 14.0. The van der Waals surface area contributed by atoms with Gasteiger partial charge in [0.25, 0.3) is 0 Å². The van der Waals surface area contributed by atoms with Crippen LogP contribution in [0.5, 0.6) is 0 Å². The maximum Gasteiger partial charge on any atom is 0.244 e. The lowest BCUT2D eigenvalue weighted by Gasteiger charge is -2.14. The van der Waals surface area contributed by atoms with Crippen LogP contribution in [-0.2, 0) is 14.8 Å². The fourth-order valence-electron chi connectivity index (χ4n) is 1.48. The van der Waals surface area contributed by atoms with Crippen LogP contribution in [0.25, 0.3) is 0 Å². The summed E-state index contributed by atoms with van der Waals surface area (Å²) in [5.74, 6) is -0.342. The number of halogens is 1. The van der Waals surface area contributed by atoms with Gasteiger partial charge in [-0.15, -0.1) is 0 Å². The molecular weight excluding hydrogens is 290 g/mol. The zero-order valence-corrected chi connectivity index (χ0v) is 11.8. The molecule has 104 valence electrons. The minimum Gasteiger partial charge on any atom is -0.352 e. The Morgan fingerprint density at radius 1 is 1.53 bits per heavy atom. The average molecular weight is 304 g/mol. The Morgan fingerprint density at radius 2 is 2.21 bits per heavy atom. The van der Waals surface area contributed by atoms with Gasteiger partial charge in [-0.1, -0.05) is 11.6 Å². The molecule has 0 radical (unpaired) electrons. The molecule has 1 fully saturated rings. The Bertz CT molecular complexity index is 587. The summed E-state index contributed by atoms with van der Waals surface area (Å²) in [6.45, 7) is 1.49. The van der Waals surface area contributed by atoms with E-state index in [-0.39, 0.29) is 22.0 Å². The second-order valence-corrected chi connectivity index (χ2v) is 6.46. The third-order valence-corrected chi connectivity index (χ3v) is 4.65. The SMILES string of the molecule is CC(NS(=O)(=O)c1cccnc1Cl)C(=O)NC1CC1. The quantitative estimate of drug-likeness (QED) is 0.783. The number of nitrogens with one attached hydrogen (secondary N) is 2. The van der Waals surface area contributed by atoms with E-state index in [9.17, 15) is 13.2 Å². The van der Waals surface area contributed by atoms with Crippen molar-refractivity contribution in [3.63, 3.8) is 0 Å².